The Labute approximate surface area is 145 Å². The zero-order chi connectivity index (χ0) is 18.1. The number of aromatic nitrogens is 2. The zero-order valence-electron chi connectivity index (χ0n) is 14.5. The van der Waals surface area contributed by atoms with Crippen LogP contribution < -0.4 is 5.32 Å². The minimum absolute atomic E-state index is 0.199. The van der Waals surface area contributed by atoms with Crippen molar-refractivity contribution in [1.29, 1.82) is 0 Å². The molecule has 2 heterocycles. The number of hydrogen-bond donors (Lipinski definition) is 1. The maximum absolute atomic E-state index is 13.2. The van der Waals surface area contributed by atoms with Crippen LogP contribution in [0, 0.1) is 5.82 Å². The summed E-state index contributed by atoms with van der Waals surface area (Å²) in [5, 5.41) is 7.14. The SMILES string of the molecule is CC(C)c1cc(C(=O)N2CCNC(=O)C2c2ccc(F)cc2)n(C)n1. The van der Waals surface area contributed by atoms with Crippen molar-refractivity contribution >= 4 is 11.8 Å². The molecule has 0 saturated carbocycles. The van der Waals surface area contributed by atoms with Gasteiger partial charge in [0.2, 0.25) is 5.91 Å². The predicted molar refractivity (Wildman–Crippen MR) is 90.5 cm³/mol. The van der Waals surface area contributed by atoms with Crippen LogP contribution in [0.15, 0.2) is 30.3 Å². The van der Waals surface area contributed by atoms with Crippen molar-refractivity contribution in [2.75, 3.05) is 13.1 Å². The van der Waals surface area contributed by atoms with Crippen molar-refractivity contribution < 1.29 is 14.0 Å². The second-order valence-electron chi connectivity index (χ2n) is 6.48. The summed E-state index contributed by atoms with van der Waals surface area (Å²) in [7, 11) is 1.72. The van der Waals surface area contributed by atoms with E-state index < -0.39 is 6.04 Å². The number of nitrogens with one attached hydrogen (secondary N) is 1. The minimum atomic E-state index is -0.778. The lowest BCUT2D eigenvalue weighted by atomic mass is 10.0. The van der Waals surface area contributed by atoms with E-state index in [-0.39, 0.29) is 23.5 Å². The molecule has 1 saturated heterocycles. The average molecular weight is 344 g/mol. The molecule has 1 atom stereocenters. The Hall–Kier alpha value is -2.70. The summed E-state index contributed by atoms with van der Waals surface area (Å²) in [5.41, 5.74) is 1.84. The molecule has 1 N–H and O–H groups in total. The smallest absolute Gasteiger partial charge is 0.273 e. The van der Waals surface area contributed by atoms with E-state index in [1.165, 1.54) is 29.2 Å². The number of halogens is 1. The van der Waals surface area contributed by atoms with Crippen LogP contribution in [0.2, 0.25) is 0 Å². The molecule has 1 aliphatic rings. The lowest BCUT2D eigenvalue weighted by Crippen LogP contribution is -2.52. The fourth-order valence-electron chi connectivity index (χ4n) is 2.98. The molecule has 1 aromatic carbocycles. The van der Waals surface area contributed by atoms with Crippen LogP contribution in [0.5, 0.6) is 0 Å². The number of benzene rings is 1. The van der Waals surface area contributed by atoms with E-state index in [0.29, 0.717) is 24.3 Å². The van der Waals surface area contributed by atoms with Crippen LogP contribution in [0.1, 0.15) is 47.6 Å². The number of carbonyl (C=O) groups excluding carboxylic acids is 2. The van der Waals surface area contributed by atoms with Gasteiger partial charge in [-0.1, -0.05) is 26.0 Å². The second-order valence-corrected chi connectivity index (χ2v) is 6.48. The quantitative estimate of drug-likeness (QED) is 0.926. The predicted octanol–water partition coefficient (Wildman–Crippen LogP) is 2.00. The van der Waals surface area contributed by atoms with Gasteiger partial charge in [-0.25, -0.2) is 4.39 Å². The van der Waals surface area contributed by atoms with Crippen LogP contribution in [0.3, 0.4) is 0 Å². The highest BCUT2D eigenvalue weighted by atomic mass is 19.1. The van der Waals surface area contributed by atoms with E-state index in [0.717, 1.165) is 5.69 Å². The molecule has 0 bridgehead atoms. The van der Waals surface area contributed by atoms with Gasteiger partial charge in [-0.2, -0.15) is 5.10 Å². The highest BCUT2D eigenvalue weighted by Gasteiger charge is 2.36. The van der Waals surface area contributed by atoms with Gasteiger partial charge < -0.3 is 10.2 Å². The van der Waals surface area contributed by atoms with Gasteiger partial charge in [-0.3, -0.25) is 14.3 Å². The van der Waals surface area contributed by atoms with Gasteiger partial charge in [0, 0.05) is 20.1 Å². The van der Waals surface area contributed by atoms with Crippen molar-refractivity contribution in [2.45, 2.75) is 25.8 Å². The maximum atomic E-state index is 13.2. The van der Waals surface area contributed by atoms with Gasteiger partial charge in [-0.15, -0.1) is 0 Å². The molecule has 0 radical (unpaired) electrons. The van der Waals surface area contributed by atoms with Crippen LogP contribution in [-0.2, 0) is 11.8 Å². The maximum Gasteiger partial charge on any atom is 0.273 e. The number of piperazine rings is 1. The minimum Gasteiger partial charge on any atom is -0.352 e. The molecule has 0 spiro atoms. The highest BCUT2D eigenvalue weighted by Crippen LogP contribution is 2.26. The molecule has 132 valence electrons. The van der Waals surface area contributed by atoms with E-state index >= 15 is 0 Å². The van der Waals surface area contributed by atoms with Crippen molar-refractivity contribution in [3.05, 3.63) is 53.1 Å². The first-order chi connectivity index (χ1) is 11.9. The third-order valence-corrected chi connectivity index (χ3v) is 4.37. The number of rotatable bonds is 3. The van der Waals surface area contributed by atoms with Crippen molar-refractivity contribution in [3.8, 4) is 0 Å². The molecule has 25 heavy (non-hydrogen) atoms. The van der Waals surface area contributed by atoms with Gasteiger partial charge in [0.25, 0.3) is 5.91 Å². The number of hydrogen-bond acceptors (Lipinski definition) is 3. The lowest BCUT2D eigenvalue weighted by Gasteiger charge is -2.35. The first-order valence-corrected chi connectivity index (χ1v) is 8.26. The van der Waals surface area contributed by atoms with Crippen LogP contribution in [-0.4, -0.2) is 39.6 Å². The Morgan fingerprint density at radius 2 is 2.00 bits per heavy atom. The average Bonchev–Trinajstić information content (AvgIpc) is 2.97. The fourth-order valence-corrected chi connectivity index (χ4v) is 2.98. The van der Waals surface area contributed by atoms with E-state index in [1.807, 2.05) is 13.8 Å². The van der Waals surface area contributed by atoms with Crippen molar-refractivity contribution in [2.24, 2.45) is 7.05 Å². The third-order valence-electron chi connectivity index (χ3n) is 4.37. The summed E-state index contributed by atoms with van der Waals surface area (Å²) in [4.78, 5) is 27.0. The van der Waals surface area contributed by atoms with Gasteiger partial charge in [0.15, 0.2) is 0 Å². The summed E-state index contributed by atoms with van der Waals surface area (Å²) in [5.74, 6) is -0.708. The van der Waals surface area contributed by atoms with Crippen LogP contribution >= 0.6 is 0 Å². The molecule has 2 aromatic rings. The zero-order valence-corrected chi connectivity index (χ0v) is 14.5. The second kappa shape index (κ2) is 6.66. The largest absolute Gasteiger partial charge is 0.352 e. The first kappa shape index (κ1) is 17.1. The Bertz CT molecular complexity index is 798. The summed E-state index contributed by atoms with van der Waals surface area (Å²) in [6, 6.07) is 6.64. The summed E-state index contributed by atoms with van der Waals surface area (Å²) in [6.07, 6.45) is 0. The molecular weight excluding hydrogens is 323 g/mol. The molecule has 1 fully saturated rings. The number of carbonyl (C=O) groups is 2. The van der Waals surface area contributed by atoms with Gasteiger partial charge in [-0.05, 0) is 29.7 Å². The fraction of sp³-hybridized carbons (Fsp3) is 0.389. The molecular formula is C18H21FN4O2. The summed E-state index contributed by atoms with van der Waals surface area (Å²) in [6.45, 7) is 4.78. The molecule has 1 aromatic heterocycles. The standard InChI is InChI=1S/C18H21FN4O2/c1-11(2)14-10-15(22(3)21-14)18(25)23-9-8-20-17(24)16(23)12-4-6-13(19)7-5-12/h4-7,10-11,16H,8-9H2,1-3H3,(H,20,24). The van der Waals surface area contributed by atoms with Crippen LogP contribution in [0.4, 0.5) is 4.39 Å². The van der Waals surface area contributed by atoms with E-state index in [2.05, 4.69) is 10.4 Å². The monoisotopic (exact) mass is 344 g/mol. The van der Waals surface area contributed by atoms with Gasteiger partial charge in [0.05, 0.1) is 5.69 Å². The summed E-state index contributed by atoms with van der Waals surface area (Å²) >= 11 is 0. The summed E-state index contributed by atoms with van der Waals surface area (Å²) < 4.78 is 14.8. The van der Waals surface area contributed by atoms with Crippen LogP contribution in [0.25, 0.3) is 0 Å². The Kier molecular flexibility index (Phi) is 4.57. The van der Waals surface area contributed by atoms with Gasteiger partial charge >= 0.3 is 0 Å². The topological polar surface area (TPSA) is 67.2 Å². The number of amides is 2. The molecule has 0 aliphatic carbocycles. The van der Waals surface area contributed by atoms with E-state index in [1.54, 1.807) is 17.8 Å². The van der Waals surface area contributed by atoms with E-state index in [4.69, 9.17) is 0 Å². The van der Waals surface area contributed by atoms with Crippen molar-refractivity contribution in [1.82, 2.24) is 20.0 Å². The molecule has 3 rings (SSSR count). The Morgan fingerprint density at radius 1 is 1.32 bits per heavy atom. The first-order valence-electron chi connectivity index (χ1n) is 8.26. The highest BCUT2D eigenvalue weighted by molar-refractivity contribution is 5.97. The molecule has 2 amide bonds. The van der Waals surface area contributed by atoms with E-state index in [9.17, 15) is 14.0 Å². The number of aryl methyl sites for hydroxylation is 1. The molecule has 6 nitrogen and oxygen atoms in total. The van der Waals surface area contributed by atoms with Gasteiger partial charge in [0.1, 0.15) is 17.6 Å². The Morgan fingerprint density at radius 3 is 2.60 bits per heavy atom. The Balaban J connectivity index is 1.96. The molecule has 7 heteroatoms. The lowest BCUT2D eigenvalue weighted by molar-refractivity contribution is -0.128. The molecule has 1 aliphatic heterocycles. The normalized spacial score (nSPS) is 17.7. The number of nitrogens with zero attached hydrogens (tertiary/aromatic N) is 3. The molecule has 1 unspecified atom stereocenters. The third kappa shape index (κ3) is 3.26. The van der Waals surface area contributed by atoms with Crippen molar-refractivity contribution in [3.63, 3.8) is 0 Å².